The van der Waals surface area contributed by atoms with Gasteiger partial charge < -0.3 is 29.4 Å². The molecule has 2 aromatic rings. The number of carboxylic acids is 1. The largest absolute Gasteiger partial charge is 0.494 e. The summed E-state index contributed by atoms with van der Waals surface area (Å²) in [7, 11) is 1.50. The van der Waals surface area contributed by atoms with E-state index >= 15 is 0 Å². The molecule has 0 spiro atoms. The lowest BCUT2D eigenvalue weighted by atomic mass is 10.1. The Morgan fingerprint density at radius 2 is 1.89 bits per heavy atom. The van der Waals surface area contributed by atoms with Crippen LogP contribution in [0.5, 0.6) is 23.0 Å². The molecule has 0 radical (unpaired) electrons. The third kappa shape index (κ3) is 4.85. The van der Waals surface area contributed by atoms with E-state index in [1.165, 1.54) is 7.11 Å². The number of carboxylic acid groups (broad SMARTS) is 1. The van der Waals surface area contributed by atoms with E-state index in [9.17, 15) is 9.59 Å². The first-order valence-corrected chi connectivity index (χ1v) is 8.80. The standard InChI is InChI=1S/C20H21NO7/c1-25-16-11-13(12-17-19(16)28-10-9-27-17)20(24)21-14-4-6-15(7-5-14)26-8-2-3-18(22)23/h4-7,11-12H,2-3,8-10H2,1H3,(H,21,24)(H,22,23). The number of hydrogen-bond donors (Lipinski definition) is 2. The molecule has 0 atom stereocenters. The minimum atomic E-state index is -0.850. The lowest BCUT2D eigenvalue weighted by molar-refractivity contribution is -0.137. The number of nitrogens with one attached hydrogen (secondary N) is 1. The van der Waals surface area contributed by atoms with E-state index in [2.05, 4.69) is 5.32 Å². The Labute approximate surface area is 162 Å². The van der Waals surface area contributed by atoms with Crippen molar-refractivity contribution >= 4 is 17.6 Å². The highest BCUT2D eigenvalue weighted by molar-refractivity contribution is 6.05. The molecule has 0 unspecified atom stereocenters. The molecular formula is C20H21NO7. The quantitative estimate of drug-likeness (QED) is 0.671. The summed E-state index contributed by atoms with van der Waals surface area (Å²) in [6.07, 6.45) is 0.493. The van der Waals surface area contributed by atoms with Gasteiger partial charge in [-0.2, -0.15) is 0 Å². The monoisotopic (exact) mass is 387 g/mol. The Bertz CT molecular complexity index is 831. The number of ether oxygens (including phenoxy) is 4. The third-order valence-electron chi connectivity index (χ3n) is 4.01. The Hall–Kier alpha value is -3.42. The SMILES string of the molecule is COc1cc(C(=O)Nc2ccc(OCCCC(=O)O)cc2)cc2c1OCCO2. The van der Waals surface area contributed by atoms with Gasteiger partial charge in [-0.05, 0) is 42.8 Å². The van der Waals surface area contributed by atoms with Gasteiger partial charge in [0.15, 0.2) is 11.5 Å². The Morgan fingerprint density at radius 1 is 1.14 bits per heavy atom. The number of aliphatic carboxylic acids is 1. The normalized spacial score (nSPS) is 12.2. The summed E-state index contributed by atoms with van der Waals surface area (Å²) in [6.45, 7) is 1.16. The number of methoxy groups -OCH3 is 1. The summed E-state index contributed by atoms with van der Waals surface area (Å²) >= 11 is 0. The molecule has 0 saturated heterocycles. The average molecular weight is 387 g/mol. The molecule has 1 aliphatic rings. The van der Waals surface area contributed by atoms with Gasteiger partial charge in [0.25, 0.3) is 5.91 Å². The van der Waals surface area contributed by atoms with Crippen molar-refractivity contribution in [2.45, 2.75) is 12.8 Å². The van der Waals surface area contributed by atoms with Crippen molar-refractivity contribution in [2.75, 3.05) is 32.2 Å². The van der Waals surface area contributed by atoms with Gasteiger partial charge in [0.05, 0.1) is 13.7 Å². The second-order valence-electron chi connectivity index (χ2n) is 6.03. The number of hydrogen-bond acceptors (Lipinski definition) is 6. The first kappa shape index (κ1) is 19.3. The number of rotatable bonds is 8. The van der Waals surface area contributed by atoms with Crippen LogP contribution in [0.3, 0.4) is 0 Å². The highest BCUT2D eigenvalue weighted by atomic mass is 16.6. The molecule has 2 aromatic carbocycles. The summed E-state index contributed by atoms with van der Waals surface area (Å²) < 4.78 is 21.8. The average Bonchev–Trinajstić information content (AvgIpc) is 2.71. The van der Waals surface area contributed by atoms with E-state index in [-0.39, 0.29) is 12.3 Å². The molecule has 8 nitrogen and oxygen atoms in total. The van der Waals surface area contributed by atoms with E-state index in [1.54, 1.807) is 36.4 Å². The molecule has 0 saturated carbocycles. The summed E-state index contributed by atoms with van der Waals surface area (Å²) in [4.78, 5) is 23.1. The number of carbonyl (C=O) groups is 2. The fraction of sp³-hybridized carbons (Fsp3) is 0.300. The van der Waals surface area contributed by atoms with Crippen molar-refractivity contribution in [1.82, 2.24) is 0 Å². The predicted octanol–water partition coefficient (Wildman–Crippen LogP) is 2.96. The van der Waals surface area contributed by atoms with Crippen molar-refractivity contribution in [1.29, 1.82) is 0 Å². The van der Waals surface area contributed by atoms with Crippen LogP contribution in [0.4, 0.5) is 5.69 Å². The second-order valence-corrected chi connectivity index (χ2v) is 6.03. The number of amides is 1. The lowest BCUT2D eigenvalue weighted by Crippen LogP contribution is -2.18. The van der Waals surface area contributed by atoms with E-state index in [0.29, 0.717) is 60.5 Å². The molecule has 28 heavy (non-hydrogen) atoms. The van der Waals surface area contributed by atoms with Crippen LogP contribution in [-0.4, -0.2) is 43.9 Å². The lowest BCUT2D eigenvalue weighted by Gasteiger charge is -2.21. The smallest absolute Gasteiger partial charge is 0.303 e. The van der Waals surface area contributed by atoms with Crippen LogP contribution in [0.15, 0.2) is 36.4 Å². The van der Waals surface area contributed by atoms with Gasteiger partial charge in [-0.1, -0.05) is 0 Å². The molecule has 1 heterocycles. The first-order chi connectivity index (χ1) is 13.6. The molecule has 0 fully saturated rings. The van der Waals surface area contributed by atoms with Crippen LogP contribution in [0, 0.1) is 0 Å². The zero-order valence-corrected chi connectivity index (χ0v) is 15.4. The Kier molecular flexibility index (Phi) is 6.21. The van der Waals surface area contributed by atoms with Crippen LogP contribution in [0.1, 0.15) is 23.2 Å². The fourth-order valence-corrected chi connectivity index (χ4v) is 2.66. The van der Waals surface area contributed by atoms with E-state index < -0.39 is 5.97 Å². The van der Waals surface area contributed by atoms with E-state index in [4.69, 9.17) is 24.1 Å². The summed E-state index contributed by atoms with van der Waals surface area (Å²) in [6, 6.07) is 10.1. The number of fused-ring (bicyclic) bond motifs is 1. The van der Waals surface area contributed by atoms with Crippen LogP contribution in [0.25, 0.3) is 0 Å². The maximum atomic E-state index is 12.6. The van der Waals surface area contributed by atoms with Crippen LogP contribution in [-0.2, 0) is 4.79 Å². The highest BCUT2D eigenvalue weighted by Gasteiger charge is 2.21. The highest BCUT2D eigenvalue weighted by Crippen LogP contribution is 2.40. The van der Waals surface area contributed by atoms with Crippen molar-refractivity contribution in [2.24, 2.45) is 0 Å². The van der Waals surface area contributed by atoms with Crippen molar-refractivity contribution in [3.05, 3.63) is 42.0 Å². The van der Waals surface area contributed by atoms with Crippen molar-refractivity contribution < 1.29 is 33.6 Å². The zero-order valence-electron chi connectivity index (χ0n) is 15.4. The van der Waals surface area contributed by atoms with Gasteiger partial charge in [-0.3, -0.25) is 9.59 Å². The minimum Gasteiger partial charge on any atom is -0.494 e. The maximum Gasteiger partial charge on any atom is 0.303 e. The van der Waals surface area contributed by atoms with Gasteiger partial charge in [0.2, 0.25) is 5.75 Å². The van der Waals surface area contributed by atoms with Crippen LogP contribution >= 0.6 is 0 Å². The van der Waals surface area contributed by atoms with Crippen LogP contribution < -0.4 is 24.3 Å². The molecule has 0 bridgehead atoms. The van der Waals surface area contributed by atoms with Gasteiger partial charge in [0, 0.05) is 17.7 Å². The van der Waals surface area contributed by atoms with E-state index in [1.807, 2.05) is 0 Å². The molecular weight excluding hydrogens is 366 g/mol. The summed E-state index contributed by atoms with van der Waals surface area (Å²) in [5.41, 5.74) is 0.979. The summed E-state index contributed by atoms with van der Waals surface area (Å²) in [5.74, 6) is 0.843. The predicted molar refractivity (Wildman–Crippen MR) is 101 cm³/mol. The first-order valence-electron chi connectivity index (χ1n) is 8.80. The van der Waals surface area contributed by atoms with Crippen molar-refractivity contribution in [3.63, 3.8) is 0 Å². The van der Waals surface area contributed by atoms with Crippen molar-refractivity contribution in [3.8, 4) is 23.0 Å². The number of carbonyl (C=O) groups excluding carboxylic acids is 1. The Balaban J connectivity index is 1.62. The third-order valence-corrected chi connectivity index (χ3v) is 4.01. The molecule has 2 N–H and O–H groups in total. The van der Waals surface area contributed by atoms with Gasteiger partial charge in [0.1, 0.15) is 19.0 Å². The zero-order chi connectivity index (χ0) is 19.9. The molecule has 3 rings (SSSR count). The van der Waals surface area contributed by atoms with Gasteiger partial charge in [-0.25, -0.2) is 0 Å². The molecule has 0 aliphatic carbocycles. The fourth-order valence-electron chi connectivity index (χ4n) is 2.66. The minimum absolute atomic E-state index is 0.0626. The number of benzene rings is 2. The van der Waals surface area contributed by atoms with Gasteiger partial charge in [-0.15, -0.1) is 0 Å². The number of anilines is 1. The maximum absolute atomic E-state index is 12.6. The summed E-state index contributed by atoms with van der Waals surface area (Å²) in [5, 5.41) is 11.4. The molecule has 1 amide bonds. The Morgan fingerprint density at radius 3 is 2.61 bits per heavy atom. The molecule has 1 aliphatic heterocycles. The van der Waals surface area contributed by atoms with E-state index in [0.717, 1.165) is 0 Å². The van der Waals surface area contributed by atoms with Crippen LogP contribution in [0.2, 0.25) is 0 Å². The second kappa shape index (κ2) is 8.98. The topological polar surface area (TPSA) is 103 Å². The molecule has 8 heteroatoms. The molecule has 0 aromatic heterocycles. The molecule has 148 valence electrons. The van der Waals surface area contributed by atoms with Gasteiger partial charge >= 0.3 is 5.97 Å².